The van der Waals surface area contributed by atoms with Gasteiger partial charge in [0.25, 0.3) is 0 Å². The van der Waals surface area contributed by atoms with Crippen LogP contribution in [0.15, 0.2) is 60.8 Å². The van der Waals surface area contributed by atoms with E-state index in [-0.39, 0.29) is 44.8 Å². The van der Waals surface area contributed by atoms with Crippen molar-refractivity contribution in [1.82, 2.24) is 0 Å². The fourth-order valence-corrected chi connectivity index (χ4v) is 0.680. The summed E-state index contributed by atoms with van der Waals surface area (Å²) < 4.78 is 0. The summed E-state index contributed by atoms with van der Waals surface area (Å²) in [6, 6.07) is 0. The Bertz CT molecular complexity index is 804. The van der Waals surface area contributed by atoms with Crippen molar-refractivity contribution < 1.29 is 144 Å². The van der Waals surface area contributed by atoms with Gasteiger partial charge in [0.15, 0.2) is 0 Å². The van der Waals surface area contributed by atoms with E-state index in [0.29, 0.717) is 60.8 Å². The number of rotatable bonds is 10. The summed E-state index contributed by atoms with van der Waals surface area (Å²) in [6.45, 7) is 0. The molecule has 0 aliphatic carbocycles. The van der Waals surface area contributed by atoms with Crippen molar-refractivity contribution in [3.8, 4) is 0 Å². The number of carbonyl (C=O) groups is 10. The van der Waals surface area contributed by atoms with E-state index in [4.69, 9.17) is 0 Å². The molecular weight excluding hydrogens is 922 g/mol. The van der Waals surface area contributed by atoms with Gasteiger partial charge in [0, 0.05) is 0 Å². The molecule has 0 fully saturated rings. The van der Waals surface area contributed by atoms with E-state index in [9.17, 15) is 99.0 Å². The maximum atomic E-state index is 9.41. The van der Waals surface area contributed by atoms with Gasteiger partial charge in [-0.1, -0.05) is 0 Å². The molecule has 0 aliphatic heterocycles. The molecule has 0 aromatic carbocycles. The fourth-order valence-electron chi connectivity index (χ4n) is 0.680. The van der Waals surface area contributed by atoms with Crippen LogP contribution < -0.4 is 51.1 Å². The van der Waals surface area contributed by atoms with Crippen LogP contribution in [0.25, 0.3) is 0 Å². The third-order valence-electron chi connectivity index (χ3n) is 1.78. The first-order valence-electron chi connectivity index (χ1n) is 8.64. The summed E-state index contributed by atoms with van der Waals surface area (Å²) in [5.74, 6) is -15.5. The molecule has 0 saturated heterocycles. The quantitative estimate of drug-likeness (QED) is 0.184. The summed E-state index contributed by atoms with van der Waals surface area (Å²) in [7, 11) is 0. The number of carboxylic acid groups (broad SMARTS) is 10. The number of hydrogen-bond acceptors (Lipinski definition) is 20. The van der Waals surface area contributed by atoms with E-state index in [0.717, 1.165) is 0 Å². The van der Waals surface area contributed by atoms with Crippen molar-refractivity contribution in [2.45, 2.75) is 0 Å². The van der Waals surface area contributed by atoms with Crippen LogP contribution in [0.3, 0.4) is 0 Å². The molecule has 0 amide bonds. The Balaban J connectivity index is -0.0000000721. The van der Waals surface area contributed by atoms with Gasteiger partial charge in [0.2, 0.25) is 0 Å². The summed E-state index contributed by atoms with van der Waals surface area (Å²) in [4.78, 5) is 94.1. The maximum absolute atomic E-state index is 9.41. The normalized spacial score (nSPS) is 9.05. The first-order valence-corrected chi connectivity index (χ1v) is 8.64. The zero-order valence-corrected chi connectivity index (χ0v) is 26.3. The molecule has 20 nitrogen and oxygen atoms in total. The largest absolute Gasteiger partial charge is 5.00 e. The predicted molar refractivity (Wildman–Crippen MR) is 95.8 cm³/mol. The molecule has 0 saturated carbocycles. The minimum absolute atomic E-state index is 0. The maximum Gasteiger partial charge on any atom is 5.00 e. The van der Waals surface area contributed by atoms with E-state index < -0.39 is 59.7 Å². The second-order valence-electron chi connectivity index (χ2n) is 4.86. The summed E-state index contributed by atoms with van der Waals surface area (Å²) in [6.07, 6.45) is 3.84. The SMILES string of the molecule is O=C([O-])C=CC(=O)[O-].O=C([O-])C=CC(=O)[O-].O=C([O-])C=CC(=O)[O-].O=C([O-])C=CC(=O)[O-].O=C([O-])C=CC(=O)[O-].[Ta+5].[Ta+5]. The van der Waals surface area contributed by atoms with Crippen LogP contribution in [0.2, 0.25) is 0 Å². The van der Waals surface area contributed by atoms with Crippen LogP contribution in [0, 0.1) is 0 Å². The standard InChI is InChI=1S/5C4H4O4.2Ta/c5*5-3(6)1-2-4(7)8;;/h5*1-2H,(H,5,6)(H,7,8);;/q;;;;;2*+5/p-10. The Kier molecular flexibility index (Phi) is 45.4. The molecule has 22 heteroatoms. The number of aliphatic carboxylic acids is 10. The van der Waals surface area contributed by atoms with Crippen molar-refractivity contribution in [3.63, 3.8) is 0 Å². The second kappa shape index (κ2) is 35.9. The van der Waals surface area contributed by atoms with Crippen molar-refractivity contribution >= 4 is 59.7 Å². The molecule has 0 aromatic rings. The minimum Gasteiger partial charge on any atom is -0.545 e. The van der Waals surface area contributed by atoms with Crippen LogP contribution in [0.4, 0.5) is 0 Å². The van der Waals surface area contributed by atoms with Crippen LogP contribution in [0.1, 0.15) is 0 Å². The number of carboxylic acids is 10. The molecular formula is C20H10O20Ta2. The molecule has 0 radical (unpaired) electrons. The van der Waals surface area contributed by atoms with Gasteiger partial charge in [-0.3, -0.25) is 0 Å². The van der Waals surface area contributed by atoms with E-state index in [2.05, 4.69) is 0 Å². The average molecular weight is 932 g/mol. The zero-order valence-electron chi connectivity index (χ0n) is 19.8. The molecule has 42 heavy (non-hydrogen) atoms. The van der Waals surface area contributed by atoms with Gasteiger partial charge in [-0.05, 0) is 60.8 Å². The summed E-state index contributed by atoms with van der Waals surface area (Å²) in [5, 5.41) is 94.1. The Labute approximate surface area is 263 Å². The van der Waals surface area contributed by atoms with Crippen molar-refractivity contribution in [1.29, 1.82) is 0 Å². The first kappa shape index (κ1) is 53.2. The summed E-state index contributed by atoms with van der Waals surface area (Å²) >= 11 is 0. The molecule has 0 atom stereocenters. The Morgan fingerprint density at radius 1 is 0.214 bits per heavy atom. The Morgan fingerprint density at radius 2 is 0.262 bits per heavy atom. The topological polar surface area (TPSA) is 401 Å². The average Bonchev–Trinajstić information content (AvgIpc) is 2.79. The van der Waals surface area contributed by atoms with E-state index in [1.54, 1.807) is 0 Å². The van der Waals surface area contributed by atoms with E-state index in [1.807, 2.05) is 0 Å². The molecule has 0 bridgehead atoms. The monoisotopic (exact) mass is 932 g/mol. The second-order valence-corrected chi connectivity index (χ2v) is 4.86. The van der Waals surface area contributed by atoms with E-state index >= 15 is 0 Å². The van der Waals surface area contributed by atoms with Gasteiger partial charge in [-0.25, -0.2) is 0 Å². The van der Waals surface area contributed by atoms with E-state index in [1.165, 1.54) is 0 Å². The number of carbonyl (C=O) groups excluding carboxylic acids is 10. The summed E-state index contributed by atoms with van der Waals surface area (Å²) in [5.41, 5.74) is 0. The van der Waals surface area contributed by atoms with Crippen LogP contribution in [-0.4, -0.2) is 59.7 Å². The molecule has 0 aromatic heterocycles. The molecule has 220 valence electrons. The van der Waals surface area contributed by atoms with Gasteiger partial charge >= 0.3 is 44.8 Å². The van der Waals surface area contributed by atoms with Gasteiger partial charge in [-0.2, -0.15) is 0 Å². The Morgan fingerprint density at radius 3 is 0.286 bits per heavy atom. The van der Waals surface area contributed by atoms with Gasteiger partial charge < -0.3 is 99.0 Å². The van der Waals surface area contributed by atoms with Crippen molar-refractivity contribution in [2.24, 2.45) is 0 Å². The predicted octanol–water partition coefficient (Wildman–Crippen LogP) is -14.8. The first-order chi connectivity index (χ1) is 18.1. The molecule has 0 N–H and O–H groups in total. The molecule has 0 aliphatic rings. The smallest absolute Gasteiger partial charge is 0.545 e. The Hall–Kier alpha value is -5.12. The zero-order chi connectivity index (χ0) is 32.8. The van der Waals surface area contributed by atoms with Gasteiger partial charge in [-0.15, -0.1) is 0 Å². The molecule has 0 heterocycles. The third kappa shape index (κ3) is 101. The number of hydrogen-bond donors (Lipinski definition) is 0. The molecule has 0 unspecified atom stereocenters. The van der Waals surface area contributed by atoms with Gasteiger partial charge in [0.05, 0.1) is 59.7 Å². The van der Waals surface area contributed by atoms with Crippen LogP contribution in [-0.2, 0) is 92.7 Å². The van der Waals surface area contributed by atoms with Crippen molar-refractivity contribution in [2.75, 3.05) is 0 Å². The third-order valence-corrected chi connectivity index (χ3v) is 1.78. The van der Waals surface area contributed by atoms with Crippen LogP contribution in [0.5, 0.6) is 0 Å². The van der Waals surface area contributed by atoms with Gasteiger partial charge in [0.1, 0.15) is 0 Å². The molecule has 0 spiro atoms. The van der Waals surface area contributed by atoms with Crippen LogP contribution >= 0.6 is 0 Å². The van der Waals surface area contributed by atoms with Crippen molar-refractivity contribution in [3.05, 3.63) is 60.8 Å². The minimum atomic E-state index is -1.55. The fraction of sp³-hybridized carbons (Fsp3) is 0. The molecule has 0 rings (SSSR count).